The topological polar surface area (TPSA) is 65.0 Å². The fourth-order valence-electron chi connectivity index (χ4n) is 3.86. The van der Waals surface area contributed by atoms with E-state index in [1.54, 1.807) is 17.8 Å². The van der Waals surface area contributed by atoms with Crippen LogP contribution in [0.2, 0.25) is 0 Å². The molecule has 4 atom stereocenters. The van der Waals surface area contributed by atoms with Gasteiger partial charge in [0.15, 0.2) is 11.6 Å². The number of benzene rings is 1. The van der Waals surface area contributed by atoms with Crippen LogP contribution in [0.4, 0.5) is 0 Å². The van der Waals surface area contributed by atoms with E-state index in [1.807, 2.05) is 45.0 Å². The number of carbonyl (C=O) groups excluding carboxylic acids is 1. The summed E-state index contributed by atoms with van der Waals surface area (Å²) in [7, 11) is 0. The highest BCUT2D eigenvalue weighted by Crippen LogP contribution is 2.39. The Bertz CT molecular complexity index is 727. The maximum absolute atomic E-state index is 12.6. The van der Waals surface area contributed by atoms with E-state index in [1.165, 1.54) is 4.90 Å². The molecule has 1 aromatic rings. The van der Waals surface area contributed by atoms with Crippen molar-refractivity contribution in [1.29, 1.82) is 0 Å². The first-order valence-corrected chi connectivity index (χ1v) is 11.3. The van der Waals surface area contributed by atoms with Crippen molar-refractivity contribution in [3.63, 3.8) is 0 Å². The Morgan fingerprint density at radius 1 is 1.24 bits per heavy atom. The number of hydrogen-bond donors (Lipinski definition) is 1. The van der Waals surface area contributed by atoms with Crippen LogP contribution < -0.4 is 0 Å². The zero-order chi connectivity index (χ0) is 21.0. The average Bonchev–Trinajstić information content (AvgIpc) is 3.02. The largest absolute Gasteiger partial charge is 0.396 e. The molecule has 29 heavy (non-hydrogen) atoms. The zero-order valence-electron chi connectivity index (χ0n) is 17.7. The molecule has 2 heterocycles. The second-order valence-corrected chi connectivity index (χ2v) is 9.48. The Morgan fingerprint density at radius 3 is 2.59 bits per heavy atom. The lowest BCUT2D eigenvalue weighted by Gasteiger charge is -2.36. The molecule has 2 aliphatic rings. The van der Waals surface area contributed by atoms with Crippen molar-refractivity contribution < 1.29 is 24.1 Å². The van der Waals surface area contributed by atoms with Crippen LogP contribution in [0.3, 0.4) is 0 Å². The van der Waals surface area contributed by atoms with Crippen LogP contribution in [0.5, 0.6) is 0 Å². The van der Waals surface area contributed by atoms with Gasteiger partial charge in [0, 0.05) is 16.4 Å². The Morgan fingerprint density at radius 2 is 1.93 bits per heavy atom. The van der Waals surface area contributed by atoms with Crippen LogP contribution in [-0.4, -0.2) is 54.0 Å². The molecule has 2 saturated heterocycles. The summed E-state index contributed by atoms with van der Waals surface area (Å²) in [5.74, 6) is 0.294. The minimum Gasteiger partial charge on any atom is -0.396 e. The van der Waals surface area contributed by atoms with Gasteiger partial charge in [-0.05, 0) is 69.7 Å². The minimum absolute atomic E-state index is 0.000874. The fourth-order valence-corrected chi connectivity index (χ4v) is 4.62. The number of allylic oxidation sites excluding steroid dienone is 1. The van der Waals surface area contributed by atoms with Crippen LogP contribution in [0.15, 0.2) is 40.8 Å². The van der Waals surface area contributed by atoms with E-state index >= 15 is 0 Å². The number of hydrogen-bond acceptors (Lipinski definition) is 6. The van der Waals surface area contributed by atoms with Crippen molar-refractivity contribution in [3.05, 3.63) is 41.5 Å². The average molecular weight is 421 g/mol. The van der Waals surface area contributed by atoms with Crippen LogP contribution in [0.25, 0.3) is 0 Å². The quantitative estimate of drug-likeness (QED) is 0.386. The lowest BCUT2D eigenvalue weighted by Crippen LogP contribution is -2.49. The number of carbonyl (C=O) groups is 1. The number of rotatable bonds is 8. The molecule has 2 fully saturated rings. The summed E-state index contributed by atoms with van der Waals surface area (Å²) in [6.07, 6.45) is 2.78. The molecular formula is C23H32O5S. The van der Waals surface area contributed by atoms with Gasteiger partial charge in [0.1, 0.15) is 6.10 Å². The van der Waals surface area contributed by atoms with Gasteiger partial charge in [-0.3, -0.25) is 4.79 Å². The summed E-state index contributed by atoms with van der Waals surface area (Å²) in [6.45, 7) is 8.30. The van der Waals surface area contributed by atoms with Crippen molar-refractivity contribution in [2.45, 2.75) is 69.5 Å². The molecule has 0 saturated carbocycles. The molecule has 0 radical (unpaired) electrons. The number of aliphatic hydroxyl groups is 1. The van der Waals surface area contributed by atoms with E-state index in [-0.39, 0.29) is 36.6 Å². The van der Waals surface area contributed by atoms with Gasteiger partial charge in [0.05, 0.1) is 25.4 Å². The first kappa shape index (κ1) is 22.5. The van der Waals surface area contributed by atoms with Gasteiger partial charge in [0.2, 0.25) is 0 Å². The molecule has 2 aliphatic heterocycles. The molecule has 3 rings (SSSR count). The molecule has 0 amide bonds. The standard InChI is InChI=1S/C23H32O5S/c1-5-10-29-18-8-6-16(7-9-18)19(25)11-15(2)12-20-22-21(17(13-24)14-26-20)27-23(3,4)28-22/h6-9,11,17,20-22,24H,5,10,12-14H2,1-4H3/b15-11+/t17-,20-,21+,22-/m0/s1. The lowest BCUT2D eigenvalue weighted by atomic mass is 9.90. The van der Waals surface area contributed by atoms with Gasteiger partial charge < -0.3 is 19.3 Å². The summed E-state index contributed by atoms with van der Waals surface area (Å²) in [6, 6.07) is 7.79. The molecule has 1 N–H and O–H groups in total. The van der Waals surface area contributed by atoms with Crippen LogP contribution in [0.1, 0.15) is 50.9 Å². The third-order valence-electron chi connectivity index (χ3n) is 5.27. The van der Waals surface area contributed by atoms with Crippen molar-refractivity contribution in [1.82, 2.24) is 0 Å². The number of ether oxygens (including phenoxy) is 3. The van der Waals surface area contributed by atoms with Crippen molar-refractivity contribution in [2.24, 2.45) is 5.92 Å². The molecule has 5 nitrogen and oxygen atoms in total. The van der Waals surface area contributed by atoms with Crippen LogP contribution in [-0.2, 0) is 14.2 Å². The predicted molar refractivity (Wildman–Crippen MR) is 114 cm³/mol. The summed E-state index contributed by atoms with van der Waals surface area (Å²) in [5, 5.41) is 9.62. The van der Waals surface area contributed by atoms with E-state index in [0.29, 0.717) is 18.6 Å². The van der Waals surface area contributed by atoms with E-state index in [4.69, 9.17) is 14.2 Å². The molecule has 0 spiro atoms. The monoisotopic (exact) mass is 420 g/mol. The van der Waals surface area contributed by atoms with Crippen molar-refractivity contribution >= 4 is 17.5 Å². The first-order chi connectivity index (χ1) is 13.8. The lowest BCUT2D eigenvalue weighted by molar-refractivity contribution is -0.153. The van der Waals surface area contributed by atoms with Crippen molar-refractivity contribution in [2.75, 3.05) is 19.0 Å². The number of aliphatic hydroxyl groups excluding tert-OH is 1. The van der Waals surface area contributed by atoms with E-state index < -0.39 is 5.79 Å². The Balaban J connectivity index is 1.63. The first-order valence-electron chi connectivity index (χ1n) is 10.4. The van der Waals surface area contributed by atoms with Crippen LogP contribution in [0, 0.1) is 5.92 Å². The van der Waals surface area contributed by atoms with Gasteiger partial charge in [0.25, 0.3) is 0 Å². The Labute approximate surface area is 177 Å². The number of ketones is 1. The smallest absolute Gasteiger partial charge is 0.185 e. The van der Waals surface area contributed by atoms with Gasteiger partial charge >= 0.3 is 0 Å². The molecule has 0 aliphatic carbocycles. The Hall–Kier alpha value is -1.18. The van der Waals surface area contributed by atoms with Gasteiger partial charge in [-0.2, -0.15) is 0 Å². The van der Waals surface area contributed by atoms with Gasteiger partial charge in [-0.25, -0.2) is 0 Å². The molecule has 6 heteroatoms. The van der Waals surface area contributed by atoms with E-state index in [0.717, 1.165) is 17.7 Å². The minimum atomic E-state index is -0.695. The second kappa shape index (κ2) is 9.75. The normalized spacial score (nSPS) is 28.9. The highest BCUT2D eigenvalue weighted by atomic mass is 32.2. The summed E-state index contributed by atoms with van der Waals surface area (Å²) in [4.78, 5) is 13.8. The number of fused-ring (bicyclic) bond motifs is 1. The molecular weight excluding hydrogens is 388 g/mol. The van der Waals surface area contributed by atoms with Crippen LogP contribution >= 0.6 is 11.8 Å². The predicted octanol–water partition coefficient (Wildman–Crippen LogP) is 4.24. The zero-order valence-corrected chi connectivity index (χ0v) is 18.5. The molecule has 1 aromatic carbocycles. The summed E-state index contributed by atoms with van der Waals surface area (Å²) < 4.78 is 18.0. The third-order valence-corrected chi connectivity index (χ3v) is 6.48. The summed E-state index contributed by atoms with van der Waals surface area (Å²) in [5.41, 5.74) is 1.63. The molecule has 0 bridgehead atoms. The highest BCUT2D eigenvalue weighted by Gasteiger charge is 2.51. The van der Waals surface area contributed by atoms with E-state index in [9.17, 15) is 9.90 Å². The van der Waals surface area contributed by atoms with Gasteiger partial charge in [-0.15, -0.1) is 11.8 Å². The number of thioether (sulfide) groups is 1. The van der Waals surface area contributed by atoms with Gasteiger partial charge in [-0.1, -0.05) is 12.5 Å². The molecule has 0 unspecified atom stereocenters. The molecule has 0 aromatic heterocycles. The summed E-state index contributed by atoms with van der Waals surface area (Å²) >= 11 is 1.80. The molecule has 160 valence electrons. The maximum Gasteiger partial charge on any atom is 0.185 e. The van der Waals surface area contributed by atoms with Crippen molar-refractivity contribution in [3.8, 4) is 0 Å². The SMILES string of the molecule is CCCSc1ccc(C(=O)/C=C(\C)C[C@@H]2OC[C@H](CO)[C@H]3OC(C)(C)O[C@H]32)cc1. The second-order valence-electron chi connectivity index (χ2n) is 8.31. The van der Waals surface area contributed by atoms with E-state index in [2.05, 4.69) is 6.92 Å². The highest BCUT2D eigenvalue weighted by molar-refractivity contribution is 7.99. The third kappa shape index (κ3) is 5.70. The fraction of sp³-hybridized carbons (Fsp3) is 0.609. The Kier molecular flexibility index (Phi) is 7.57. The maximum atomic E-state index is 12.6.